The Labute approximate surface area is 173 Å². The predicted octanol–water partition coefficient (Wildman–Crippen LogP) is 4.32. The lowest BCUT2D eigenvalue weighted by atomic mass is 9.84. The van der Waals surface area contributed by atoms with Crippen LogP contribution in [0.25, 0.3) is 0 Å². The standard InChI is InChI=1S/C23H29NO4S/c1-29(27,28)24(17-20-7-5-6-19(14-20)15-23(25)26)16-18-10-12-22(13-11-18)21-8-3-2-4-9-21/h5-7,10-14,21H,2-4,8-9,15-17H2,1H3,(H,25,26). The molecule has 3 rings (SSSR count). The highest BCUT2D eigenvalue weighted by atomic mass is 32.2. The molecular formula is C23H29NO4S. The van der Waals surface area contributed by atoms with Crippen molar-refractivity contribution < 1.29 is 18.3 Å². The Kier molecular flexibility index (Phi) is 7.09. The molecule has 0 aromatic heterocycles. The van der Waals surface area contributed by atoms with Crippen LogP contribution in [-0.4, -0.2) is 30.1 Å². The molecule has 2 aromatic rings. The van der Waals surface area contributed by atoms with Crippen LogP contribution >= 0.6 is 0 Å². The Morgan fingerprint density at radius 3 is 2.21 bits per heavy atom. The Morgan fingerprint density at radius 2 is 1.59 bits per heavy atom. The second-order valence-electron chi connectivity index (χ2n) is 8.00. The van der Waals surface area contributed by atoms with E-state index in [0.29, 0.717) is 18.0 Å². The summed E-state index contributed by atoms with van der Waals surface area (Å²) in [6, 6.07) is 15.4. The maximum absolute atomic E-state index is 12.3. The molecule has 0 saturated heterocycles. The number of hydrogen-bond acceptors (Lipinski definition) is 3. The van der Waals surface area contributed by atoms with Gasteiger partial charge in [-0.2, -0.15) is 4.31 Å². The van der Waals surface area contributed by atoms with Crippen molar-refractivity contribution >= 4 is 16.0 Å². The highest BCUT2D eigenvalue weighted by molar-refractivity contribution is 7.88. The number of benzene rings is 2. The van der Waals surface area contributed by atoms with Crippen molar-refractivity contribution in [2.45, 2.75) is 57.5 Å². The fourth-order valence-corrected chi connectivity index (χ4v) is 4.81. The number of hydrogen-bond donors (Lipinski definition) is 1. The van der Waals surface area contributed by atoms with Crippen LogP contribution in [0.4, 0.5) is 0 Å². The molecule has 156 valence electrons. The lowest BCUT2D eigenvalue weighted by Crippen LogP contribution is -2.29. The summed E-state index contributed by atoms with van der Waals surface area (Å²) in [5.41, 5.74) is 3.76. The first-order chi connectivity index (χ1) is 13.8. The first-order valence-corrected chi connectivity index (χ1v) is 12.0. The minimum Gasteiger partial charge on any atom is -0.481 e. The van der Waals surface area contributed by atoms with E-state index in [1.165, 1.54) is 48.2 Å². The van der Waals surface area contributed by atoms with Crippen LogP contribution < -0.4 is 0 Å². The van der Waals surface area contributed by atoms with Gasteiger partial charge in [0.1, 0.15) is 0 Å². The van der Waals surface area contributed by atoms with Crippen molar-refractivity contribution in [3.63, 3.8) is 0 Å². The van der Waals surface area contributed by atoms with Gasteiger partial charge >= 0.3 is 5.97 Å². The Hall–Kier alpha value is -2.18. The lowest BCUT2D eigenvalue weighted by Gasteiger charge is -2.23. The summed E-state index contributed by atoms with van der Waals surface area (Å²) in [4.78, 5) is 10.9. The fourth-order valence-electron chi connectivity index (χ4n) is 4.04. The van der Waals surface area contributed by atoms with Gasteiger partial charge < -0.3 is 5.11 Å². The molecule has 5 nitrogen and oxygen atoms in total. The summed E-state index contributed by atoms with van der Waals surface area (Å²) in [5, 5.41) is 8.97. The van der Waals surface area contributed by atoms with Crippen LogP contribution in [0.15, 0.2) is 48.5 Å². The normalized spacial score (nSPS) is 15.5. The van der Waals surface area contributed by atoms with Gasteiger partial charge in [-0.15, -0.1) is 0 Å². The second kappa shape index (κ2) is 9.55. The van der Waals surface area contributed by atoms with Gasteiger partial charge in [0, 0.05) is 13.1 Å². The molecule has 1 N–H and O–H groups in total. The van der Waals surface area contributed by atoms with E-state index in [1.807, 2.05) is 18.2 Å². The molecule has 6 heteroatoms. The molecule has 1 saturated carbocycles. The highest BCUT2D eigenvalue weighted by Gasteiger charge is 2.19. The molecule has 2 aromatic carbocycles. The zero-order chi connectivity index (χ0) is 20.9. The molecule has 0 bridgehead atoms. The number of sulfonamides is 1. The van der Waals surface area contributed by atoms with Gasteiger partial charge in [-0.25, -0.2) is 8.42 Å². The van der Waals surface area contributed by atoms with Crippen LogP contribution in [0, 0.1) is 0 Å². The summed E-state index contributed by atoms with van der Waals surface area (Å²) in [6.07, 6.45) is 7.51. The number of carbonyl (C=O) groups is 1. The molecule has 0 radical (unpaired) electrons. The number of nitrogens with zero attached hydrogens (tertiary/aromatic N) is 1. The van der Waals surface area contributed by atoms with E-state index < -0.39 is 16.0 Å². The topological polar surface area (TPSA) is 74.7 Å². The predicted molar refractivity (Wildman–Crippen MR) is 114 cm³/mol. The van der Waals surface area contributed by atoms with Crippen molar-refractivity contribution in [3.8, 4) is 0 Å². The Morgan fingerprint density at radius 1 is 0.966 bits per heavy atom. The van der Waals surface area contributed by atoms with Crippen molar-refractivity contribution in [1.29, 1.82) is 0 Å². The van der Waals surface area contributed by atoms with Crippen LogP contribution in [-0.2, 0) is 34.3 Å². The Balaban J connectivity index is 1.72. The quantitative estimate of drug-likeness (QED) is 0.697. The zero-order valence-electron chi connectivity index (χ0n) is 16.9. The van der Waals surface area contributed by atoms with Gasteiger partial charge in [0.2, 0.25) is 10.0 Å². The largest absolute Gasteiger partial charge is 0.481 e. The summed E-state index contributed by atoms with van der Waals surface area (Å²) < 4.78 is 26.1. The molecule has 29 heavy (non-hydrogen) atoms. The van der Waals surface area contributed by atoms with E-state index in [1.54, 1.807) is 18.2 Å². The molecule has 0 heterocycles. The van der Waals surface area contributed by atoms with Crippen molar-refractivity contribution in [1.82, 2.24) is 4.31 Å². The SMILES string of the molecule is CS(=O)(=O)N(Cc1ccc(C2CCCCC2)cc1)Cc1cccc(CC(=O)O)c1. The third-order valence-corrected chi connectivity index (χ3v) is 6.79. The summed E-state index contributed by atoms with van der Waals surface area (Å²) in [7, 11) is -3.41. The molecule has 0 amide bonds. The molecule has 1 aliphatic carbocycles. The van der Waals surface area contributed by atoms with Crippen molar-refractivity contribution in [2.75, 3.05) is 6.26 Å². The number of carboxylic acid groups (broad SMARTS) is 1. The van der Waals surface area contributed by atoms with Crippen LogP contribution in [0.2, 0.25) is 0 Å². The number of rotatable bonds is 8. The molecule has 0 spiro atoms. The van der Waals surface area contributed by atoms with Gasteiger partial charge in [-0.3, -0.25) is 4.79 Å². The maximum Gasteiger partial charge on any atom is 0.307 e. The van der Waals surface area contributed by atoms with Crippen LogP contribution in [0.5, 0.6) is 0 Å². The molecular weight excluding hydrogens is 386 g/mol. The highest BCUT2D eigenvalue weighted by Crippen LogP contribution is 2.32. The third kappa shape index (κ3) is 6.41. The monoisotopic (exact) mass is 415 g/mol. The molecule has 0 atom stereocenters. The number of carboxylic acids is 1. The van der Waals surface area contributed by atoms with Crippen molar-refractivity contribution in [3.05, 3.63) is 70.8 Å². The van der Waals surface area contributed by atoms with E-state index in [4.69, 9.17) is 5.11 Å². The molecule has 0 aliphatic heterocycles. The van der Waals surface area contributed by atoms with E-state index >= 15 is 0 Å². The van der Waals surface area contributed by atoms with E-state index in [2.05, 4.69) is 12.1 Å². The van der Waals surface area contributed by atoms with E-state index in [9.17, 15) is 13.2 Å². The minimum absolute atomic E-state index is 0.0741. The van der Waals surface area contributed by atoms with Crippen LogP contribution in [0.1, 0.15) is 60.3 Å². The first kappa shape index (κ1) is 21.5. The molecule has 1 fully saturated rings. The van der Waals surface area contributed by atoms with Gasteiger partial charge in [0.25, 0.3) is 0 Å². The van der Waals surface area contributed by atoms with E-state index in [-0.39, 0.29) is 13.0 Å². The minimum atomic E-state index is -3.41. The Bertz CT molecular complexity index is 932. The van der Waals surface area contributed by atoms with Gasteiger partial charge in [0.05, 0.1) is 12.7 Å². The average molecular weight is 416 g/mol. The van der Waals surface area contributed by atoms with Gasteiger partial charge in [-0.05, 0) is 41.0 Å². The van der Waals surface area contributed by atoms with Crippen molar-refractivity contribution in [2.24, 2.45) is 0 Å². The summed E-state index contributed by atoms with van der Waals surface area (Å²) >= 11 is 0. The van der Waals surface area contributed by atoms with Crippen LogP contribution in [0.3, 0.4) is 0 Å². The summed E-state index contributed by atoms with van der Waals surface area (Å²) in [6.45, 7) is 0.517. The second-order valence-corrected chi connectivity index (χ2v) is 9.98. The maximum atomic E-state index is 12.3. The lowest BCUT2D eigenvalue weighted by molar-refractivity contribution is -0.136. The van der Waals surface area contributed by atoms with Gasteiger partial charge in [0.15, 0.2) is 0 Å². The third-order valence-electron chi connectivity index (χ3n) is 5.59. The average Bonchev–Trinajstić information content (AvgIpc) is 2.68. The molecule has 0 unspecified atom stereocenters. The van der Waals surface area contributed by atoms with Gasteiger partial charge in [-0.1, -0.05) is 67.8 Å². The zero-order valence-corrected chi connectivity index (χ0v) is 17.7. The first-order valence-electron chi connectivity index (χ1n) is 10.1. The fraction of sp³-hybridized carbons (Fsp3) is 0.435. The summed E-state index contributed by atoms with van der Waals surface area (Å²) in [5.74, 6) is -0.277. The number of aliphatic carboxylic acids is 1. The van der Waals surface area contributed by atoms with E-state index in [0.717, 1.165) is 11.1 Å². The molecule has 1 aliphatic rings. The smallest absolute Gasteiger partial charge is 0.307 e.